The van der Waals surface area contributed by atoms with E-state index in [2.05, 4.69) is 0 Å². The van der Waals surface area contributed by atoms with Gasteiger partial charge in [-0.3, -0.25) is 9.59 Å². The van der Waals surface area contributed by atoms with Crippen molar-refractivity contribution in [1.82, 2.24) is 9.80 Å². The van der Waals surface area contributed by atoms with Gasteiger partial charge in [0.15, 0.2) is 41.7 Å². The van der Waals surface area contributed by atoms with E-state index in [4.69, 9.17) is 36.7 Å². The number of hydrogen-bond donors (Lipinski definition) is 14. The Kier molecular flexibility index (Phi) is 21.5. The van der Waals surface area contributed by atoms with Crippen LogP contribution in [0.3, 0.4) is 0 Å². The van der Waals surface area contributed by atoms with Crippen molar-refractivity contribution in [2.75, 3.05) is 39.5 Å². The molecule has 2 amide bonds. The van der Waals surface area contributed by atoms with Gasteiger partial charge in [-0.2, -0.15) is 0 Å². The van der Waals surface area contributed by atoms with Crippen LogP contribution in [0.25, 0.3) is 0 Å². The Balaban J connectivity index is 1.33. The van der Waals surface area contributed by atoms with Crippen LogP contribution in [0.5, 0.6) is 0 Å². The van der Waals surface area contributed by atoms with Gasteiger partial charge in [0.2, 0.25) is 11.8 Å². The lowest BCUT2D eigenvalue weighted by Gasteiger charge is -2.48. The topological polar surface area (TPSA) is 398 Å². The van der Waals surface area contributed by atoms with Crippen molar-refractivity contribution in [2.24, 2.45) is 0 Å². The fourth-order valence-corrected chi connectivity index (χ4v) is 22.9. The molecule has 0 aromatic rings. The third-order valence-corrected chi connectivity index (χ3v) is 23.9. The molecule has 20 atom stereocenters. The molecule has 0 radical (unpaired) electrons. The van der Waals surface area contributed by atoms with Crippen LogP contribution in [0.2, 0.25) is 51.4 Å². The van der Waals surface area contributed by atoms with Crippen LogP contribution in [0.1, 0.15) is 20.3 Å². The van der Waals surface area contributed by atoms with Gasteiger partial charge >= 0.3 is 8.56 Å². The maximum Gasteiger partial charge on any atom is 0.311 e. The number of ether oxygens (including phenoxy) is 6. The van der Waals surface area contributed by atoms with Crippen molar-refractivity contribution < 1.29 is 118 Å². The van der Waals surface area contributed by atoms with E-state index >= 15 is 0 Å². The second kappa shape index (κ2) is 24.6. The molecule has 398 valence electrons. The molecule has 4 heterocycles. The zero-order chi connectivity index (χ0) is 51.4. The molecular weight excluding hydrogens is 965 g/mol. The van der Waals surface area contributed by atoms with Crippen LogP contribution in [-0.4, -0.2) is 281 Å². The summed E-state index contributed by atoms with van der Waals surface area (Å²) in [4.78, 5) is 28.4. The third-order valence-electron chi connectivity index (χ3n) is 12.6. The van der Waals surface area contributed by atoms with Gasteiger partial charge in [-0.25, -0.2) is 0 Å². The van der Waals surface area contributed by atoms with Crippen molar-refractivity contribution in [1.29, 1.82) is 0 Å². The number of carbonyl (C=O) groups excluding carboxylic acids is 2. The van der Waals surface area contributed by atoms with E-state index in [-0.39, 0.29) is 13.1 Å². The first kappa shape index (κ1) is 59.3. The van der Waals surface area contributed by atoms with Crippen molar-refractivity contribution in [3.05, 3.63) is 0 Å². The van der Waals surface area contributed by atoms with Gasteiger partial charge in [-0.15, -0.1) is 0 Å². The zero-order valence-corrected chi connectivity index (χ0v) is 42.6. The molecule has 4 rings (SSSR count). The molecule has 0 aliphatic carbocycles. The highest BCUT2D eigenvalue weighted by atomic mass is 28.5. The van der Waals surface area contributed by atoms with E-state index in [1.54, 1.807) is 0 Å². The minimum absolute atomic E-state index is 0.00683. The SMILES string of the molecule is CC(=O)N(CC[Si](C)(C)O[Si](C)(C)O[Si](C)(C)CCCN(C(C)=O)[C@H]1OC(CO)[C@H](O[C@H]2OC(CO)[C@H](O)C(O)[C@H]2O)C(O)C1O)[C@@H]1OC(CO)[C@@H](O[C@@H]2OC(CO)[C@@H](O)C(O)[C@@H]2O)C(O)C1O. The summed E-state index contributed by atoms with van der Waals surface area (Å²) >= 11 is 0. The number of rotatable bonds is 21. The van der Waals surface area contributed by atoms with Gasteiger partial charge in [0.05, 0.1) is 26.4 Å². The number of amides is 2. The molecule has 4 fully saturated rings. The lowest BCUT2D eigenvalue weighted by molar-refractivity contribution is -0.347. The highest BCUT2D eigenvalue weighted by molar-refractivity contribution is 6.87. The quantitative estimate of drug-likeness (QED) is 0.0475. The van der Waals surface area contributed by atoms with Gasteiger partial charge in [0, 0.05) is 26.9 Å². The molecule has 4 aliphatic heterocycles. The van der Waals surface area contributed by atoms with Crippen LogP contribution < -0.4 is 0 Å². The van der Waals surface area contributed by atoms with Crippen LogP contribution in [0.15, 0.2) is 0 Å². The monoisotopic (exact) mass is 1040 g/mol. The Morgan fingerprint density at radius 1 is 0.456 bits per heavy atom. The van der Waals surface area contributed by atoms with E-state index < -0.39 is 186 Å². The predicted molar refractivity (Wildman–Crippen MR) is 236 cm³/mol. The molecular formula is C39H76N2O24Si3. The Hall–Kier alpha value is -1.29. The van der Waals surface area contributed by atoms with E-state index in [0.29, 0.717) is 18.5 Å². The predicted octanol–water partition coefficient (Wildman–Crippen LogP) is -6.53. The second-order valence-electron chi connectivity index (χ2n) is 19.5. The zero-order valence-electron chi connectivity index (χ0n) is 39.6. The van der Waals surface area contributed by atoms with Crippen molar-refractivity contribution in [3.8, 4) is 0 Å². The Bertz CT molecular complexity index is 1600. The first-order chi connectivity index (χ1) is 31.5. The highest BCUT2D eigenvalue weighted by Gasteiger charge is 2.54. The van der Waals surface area contributed by atoms with Gasteiger partial charge < -0.3 is 118 Å². The summed E-state index contributed by atoms with van der Waals surface area (Å²) in [7, 11) is -8.25. The third kappa shape index (κ3) is 14.3. The summed E-state index contributed by atoms with van der Waals surface area (Å²) in [6.45, 7) is 11.0. The van der Waals surface area contributed by atoms with Gasteiger partial charge in [-0.05, 0) is 57.8 Å². The molecule has 0 bridgehead atoms. The number of aliphatic hydroxyl groups is 14. The molecule has 68 heavy (non-hydrogen) atoms. The van der Waals surface area contributed by atoms with Crippen molar-refractivity contribution >= 4 is 37.0 Å². The maximum atomic E-state index is 13.0. The lowest BCUT2D eigenvalue weighted by atomic mass is 9.96. The van der Waals surface area contributed by atoms with Crippen LogP contribution >= 0.6 is 0 Å². The molecule has 14 N–H and O–H groups in total. The molecule has 0 aromatic carbocycles. The normalized spacial score (nSPS) is 39.7. The average molecular weight is 1040 g/mol. The first-order valence-electron chi connectivity index (χ1n) is 22.7. The lowest BCUT2D eigenvalue weighted by Crippen LogP contribution is -2.67. The largest absolute Gasteiger partial charge is 0.437 e. The highest BCUT2D eigenvalue weighted by Crippen LogP contribution is 2.34. The first-order valence-corrected chi connectivity index (χ1v) is 31.7. The average Bonchev–Trinajstić information content (AvgIpc) is 3.25. The minimum atomic E-state index is -2.94. The molecule has 0 saturated carbocycles. The van der Waals surface area contributed by atoms with E-state index in [1.165, 1.54) is 23.6 Å². The van der Waals surface area contributed by atoms with E-state index in [9.17, 15) is 81.1 Å². The number of hydrogen-bond acceptors (Lipinski definition) is 24. The second-order valence-corrected chi connectivity index (χ2v) is 31.9. The van der Waals surface area contributed by atoms with E-state index in [1.807, 2.05) is 39.3 Å². The van der Waals surface area contributed by atoms with Crippen LogP contribution in [0, 0.1) is 0 Å². The summed E-state index contributed by atoms with van der Waals surface area (Å²) < 4.78 is 47.3. The van der Waals surface area contributed by atoms with Crippen LogP contribution in [-0.2, 0) is 46.2 Å². The number of aliphatic hydroxyl groups excluding tert-OH is 14. The molecule has 0 spiro atoms. The summed E-state index contributed by atoms with van der Waals surface area (Å²) in [6.07, 6.45) is -32.4. The van der Waals surface area contributed by atoms with Gasteiger partial charge in [0.25, 0.3) is 0 Å². The molecule has 4 saturated heterocycles. The fourth-order valence-electron chi connectivity index (χ4n) is 9.10. The maximum absolute atomic E-state index is 13.0. The standard InChI is InChI=1S/C39H76N2O24Si3/c1-18(46)40(36-30(54)28(52)34(22(16-44)58-36)62-38-32(56)26(50)24(48)20(14-42)60-38)10-9-12-66(3,4)64-68(7,8)65-67(5,6)13-11-41(19(2)47)37-31(55)29(53)35(23(17-45)59-37)63-39-33(57)27(51)25(49)21(15-43)61-39/h20-39,42-45,48-57H,9-17H2,1-8H3/t20?,21?,22?,23?,24-,25+,26?,27?,28?,29?,30?,31?,32+,33-,34-,35+,36-,37+,38+,39-/m0/s1. The molecule has 10 unspecified atom stereocenters. The summed E-state index contributed by atoms with van der Waals surface area (Å²) in [5.41, 5.74) is 0. The number of carbonyl (C=O) groups is 2. The van der Waals surface area contributed by atoms with E-state index in [0.717, 1.165) is 0 Å². The van der Waals surface area contributed by atoms with Gasteiger partial charge in [0.1, 0.15) is 97.7 Å². The molecule has 0 aromatic heterocycles. The smallest absolute Gasteiger partial charge is 0.311 e. The van der Waals surface area contributed by atoms with Crippen molar-refractivity contribution in [3.63, 3.8) is 0 Å². The summed E-state index contributed by atoms with van der Waals surface area (Å²) in [6, 6.07) is 0.790. The minimum Gasteiger partial charge on any atom is -0.437 e. The summed E-state index contributed by atoms with van der Waals surface area (Å²) in [5, 5.41) is 146. The molecule has 4 aliphatic rings. The Labute approximate surface area is 397 Å². The van der Waals surface area contributed by atoms with Crippen molar-refractivity contribution in [2.45, 2.75) is 194 Å². The number of nitrogens with zero attached hydrogens (tertiary/aromatic N) is 2. The molecule has 29 heteroatoms. The Morgan fingerprint density at radius 3 is 1.16 bits per heavy atom. The Morgan fingerprint density at radius 2 is 0.809 bits per heavy atom. The van der Waals surface area contributed by atoms with Crippen LogP contribution in [0.4, 0.5) is 0 Å². The fraction of sp³-hybridized carbons (Fsp3) is 0.949. The molecule has 26 nitrogen and oxygen atoms in total. The summed E-state index contributed by atoms with van der Waals surface area (Å²) in [5.74, 6) is -1.06. The van der Waals surface area contributed by atoms with Gasteiger partial charge in [-0.1, -0.05) is 0 Å².